The van der Waals surface area contributed by atoms with Gasteiger partial charge in [-0.15, -0.1) is 0 Å². The summed E-state index contributed by atoms with van der Waals surface area (Å²) in [5, 5.41) is 0. The van der Waals surface area contributed by atoms with Crippen LogP contribution in [0.15, 0.2) is 48.8 Å². The van der Waals surface area contributed by atoms with E-state index in [2.05, 4.69) is 21.8 Å². The van der Waals surface area contributed by atoms with E-state index in [0.717, 1.165) is 11.4 Å². The average molecular weight is 245 g/mol. The molecule has 0 saturated heterocycles. The first kappa shape index (κ1) is 11.9. The van der Waals surface area contributed by atoms with Gasteiger partial charge < -0.3 is 0 Å². The third kappa shape index (κ3) is 4.22. The van der Waals surface area contributed by atoms with Gasteiger partial charge >= 0.3 is 26.2 Å². The van der Waals surface area contributed by atoms with E-state index < -0.39 is 0 Å². The molecule has 82 valence electrons. The summed E-state index contributed by atoms with van der Waals surface area (Å²) in [6, 6.07) is 11.6. The quantitative estimate of drug-likeness (QED) is 0.720. The summed E-state index contributed by atoms with van der Waals surface area (Å²) in [6.07, 6.45) is 3.54. The summed E-state index contributed by atoms with van der Waals surface area (Å²) in [5.41, 5.74) is 1.83. The summed E-state index contributed by atoms with van der Waals surface area (Å²) < 4.78 is 0. The van der Waals surface area contributed by atoms with Crippen LogP contribution in [0.5, 0.6) is 0 Å². The van der Waals surface area contributed by atoms with Gasteiger partial charge in [-0.1, -0.05) is 12.1 Å². The van der Waals surface area contributed by atoms with Gasteiger partial charge in [-0.05, 0) is 24.3 Å². The Bertz CT molecular complexity index is 324. The zero-order valence-corrected chi connectivity index (χ0v) is 9.82. The Morgan fingerprint density at radius 3 is 1.47 bits per heavy atom. The van der Waals surface area contributed by atoms with Crippen molar-refractivity contribution >= 4 is 0 Å². The second-order valence-electron chi connectivity index (χ2n) is 2.75. The van der Waals surface area contributed by atoms with Crippen molar-refractivity contribution in [2.45, 2.75) is 11.8 Å². The van der Waals surface area contributed by atoms with Crippen molar-refractivity contribution < 1.29 is 14.4 Å². The Morgan fingerprint density at radius 1 is 0.800 bits per heavy atom. The van der Waals surface area contributed by atoms with E-state index >= 15 is 0 Å². The molecular formula is C12H14N2Ni. The van der Waals surface area contributed by atoms with Crippen LogP contribution in [-0.2, 0) is 14.4 Å². The number of hydrogen-bond acceptors (Lipinski definition) is 2. The van der Waals surface area contributed by atoms with Gasteiger partial charge in [-0.3, -0.25) is 9.97 Å². The molecule has 0 fully saturated rings. The molecule has 0 aromatic carbocycles. The van der Waals surface area contributed by atoms with Crippen LogP contribution >= 0.6 is 0 Å². The van der Waals surface area contributed by atoms with Crippen molar-refractivity contribution in [3.05, 3.63) is 48.8 Å². The van der Waals surface area contributed by atoms with Crippen molar-refractivity contribution in [1.82, 2.24) is 9.97 Å². The van der Waals surface area contributed by atoms with Crippen LogP contribution in [0.1, 0.15) is 0 Å². The molecule has 0 atom stereocenters. The summed E-state index contributed by atoms with van der Waals surface area (Å²) >= 11 is 1.62. The monoisotopic (exact) mass is 244 g/mol. The van der Waals surface area contributed by atoms with Crippen LogP contribution in [0, 0.1) is 0 Å². The largest absolute Gasteiger partial charge is 0.255 e. The first-order valence-corrected chi connectivity index (χ1v) is 6.40. The standard InChI is InChI=1S/C10H8N2.2CH3.Ni/c1-3-7-11-9(5-1)10-6-2-4-8-12-10;;;/h1-8H;2*1H3;. The zero-order chi connectivity index (χ0) is 10.9. The van der Waals surface area contributed by atoms with E-state index in [1.54, 1.807) is 26.8 Å². The van der Waals surface area contributed by atoms with Crippen LogP contribution in [-0.4, -0.2) is 9.97 Å². The first-order valence-electron chi connectivity index (χ1n) is 4.42. The molecule has 15 heavy (non-hydrogen) atoms. The Balaban J connectivity index is 0.000000337. The van der Waals surface area contributed by atoms with Crippen molar-refractivity contribution in [2.24, 2.45) is 0 Å². The Morgan fingerprint density at radius 2 is 1.20 bits per heavy atom. The van der Waals surface area contributed by atoms with Crippen LogP contribution in [0.25, 0.3) is 11.4 Å². The molecule has 3 heteroatoms. The smallest absolute Gasteiger partial charge is 0.0886 e. The zero-order valence-electron chi connectivity index (χ0n) is 8.83. The fourth-order valence-electron chi connectivity index (χ4n) is 1.03. The minimum atomic E-state index is 0.915. The molecule has 0 radical (unpaired) electrons. The molecule has 2 heterocycles. The van der Waals surface area contributed by atoms with Crippen molar-refractivity contribution in [2.75, 3.05) is 0 Å². The maximum Gasteiger partial charge on any atom is 0.0886 e. The van der Waals surface area contributed by atoms with Gasteiger partial charge in [0.15, 0.2) is 0 Å². The first-order chi connectivity index (χ1) is 7.38. The Hall–Kier alpha value is -1.21. The summed E-state index contributed by atoms with van der Waals surface area (Å²) in [6.45, 7) is 0. The second-order valence-corrected chi connectivity index (χ2v) is 3.73. The molecule has 0 N–H and O–H groups in total. The third-order valence-electron chi connectivity index (χ3n) is 1.59. The van der Waals surface area contributed by atoms with Crippen molar-refractivity contribution in [1.29, 1.82) is 0 Å². The maximum absolute atomic E-state index is 4.19. The van der Waals surface area contributed by atoms with Crippen LogP contribution < -0.4 is 0 Å². The summed E-state index contributed by atoms with van der Waals surface area (Å²) in [4.78, 5) is 8.37. The number of hydrogen-bond donors (Lipinski definition) is 0. The fraction of sp³-hybridized carbons (Fsp3) is 0.167. The fourth-order valence-corrected chi connectivity index (χ4v) is 1.03. The molecule has 0 spiro atoms. The van der Waals surface area contributed by atoms with E-state index in [1.807, 2.05) is 36.4 Å². The third-order valence-corrected chi connectivity index (χ3v) is 1.59. The second kappa shape index (κ2) is 7.13. The number of nitrogens with zero attached hydrogens (tertiary/aromatic N) is 2. The van der Waals surface area contributed by atoms with Crippen LogP contribution in [0.2, 0.25) is 11.8 Å². The number of pyridine rings is 2. The molecule has 0 aliphatic heterocycles. The van der Waals surface area contributed by atoms with E-state index in [-0.39, 0.29) is 0 Å². The molecule has 0 aliphatic rings. The molecular weight excluding hydrogens is 231 g/mol. The van der Waals surface area contributed by atoms with Crippen LogP contribution in [0.3, 0.4) is 0 Å². The predicted octanol–water partition coefficient (Wildman–Crippen LogP) is 3.31. The van der Waals surface area contributed by atoms with Gasteiger partial charge in [-0.25, -0.2) is 0 Å². The Labute approximate surface area is 96.6 Å². The molecule has 0 aliphatic carbocycles. The van der Waals surface area contributed by atoms with E-state index in [1.165, 1.54) is 0 Å². The van der Waals surface area contributed by atoms with Crippen molar-refractivity contribution in [3.8, 4) is 11.4 Å². The normalized spacial score (nSPS) is 9.20. The summed E-state index contributed by atoms with van der Waals surface area (Å²) in [5.74, 6) is 4.12. The minimum Gasteiger partial charge on any atom is -0.255 e. The molecule has 0 unspecified atom stereocenters. The molecule has 0 amide bonds. The number of rotatable bonds is 1. The molecule has 2 rings (SSSR count). The van der Waals surface area contributed by atoms with Gasteiger partial charge in [0.2, 0.25) is 0 Å². The molecule has 0 saturated carbocycles. The topological polar surface area (TPSA) is 25.8 Å². The SMILES string of the molecule is [CH3][Ni][CH3].c1ccc(-c2ccccn2)nc1. The minimum absolute atomic E-state index is 0.915. The maximum atomic E-state index is 4.19. The summed E-state index contributed by atoms with van der Waals surface area (Å²) in [7, 11) is 0. The van der Waals surface area contributed by atoms with Gasteiger partial charge in [0.1, 0.15) is 0 Å². The van der Waals surface area contributed by atoms with Crippen molar-refractivity contribution in [3.63, 3.8) is 0 Å². The predicted molar refractivity (Wildman–Crippen MR) is 59.2 cm³/mol. The molecule has 2 aromatic heterocycles. The van der Waals surface area contributed by atoms with E-state index in [9.17, 15) is 0 Å². The molecule has 2 nitrogen and oxygen atoms in total. The van der Waals surface area contributed by atoms with Gasteiger partial charge in [0, 0.05) is 12.4 Å². The van der Waals surface area contributed by atoms with Gasteiger partial charge in [-0.2, -0.15) is 0 Å². The average Bonchev–Trinajstić information content (AvgIpc) is 2.32. The van der Waals surface area contributed by atoms with E-state index in [4.69, 9.17) is 0 Å². The van der Waals surface area contributed by atoms with E-state index in [0.29, 0.717) is 0 Å². The Kier molecular flexibility index (Phi) is 5.64. The number of aromatic nitrogens is 2. The van der Waals surface area contributed by atoms with Gasteiger partial charge in [0.25, 0.3) is 0 Å². The van der Waals surface area contributed by atoms with Crippen LogP contribution in [0.4, 0.5) is 0 Å². The van der Waals surface area contributed by atoms with Gasteiger partial charge in [0.05, 0.1) is 11.4 Å². The molecule has 2 aromatic rings. The molecule has 0 bridgehead atoms.